The predicted molar refractivity (Wildman–Crippen MR) is 86.0 cm³/mol. The van der Waals surface area contributed by atoms with Gasteiger partial charge in [0.05, 0.1) is 26.4 Å². The van der Waals surface area contributed by atoms with Crippen LogP contribution in [0.25, 0.3) is 0 Å². The molecule has 0 rings (SSSR count). The maximum atomic E-state index is 13.0. The Kier molecular flexibility index (Phi) is 9.64. The minimum atomic E-state index is -3.85. The second kappa shape index (κ2) is 9.53. The van der Waals surface area contributed by atoms with Crippen molar-refractivity contribution in [1.29, 1.82) is 0 Å². The molecule has 0 fully saturated rings. The number of rotatable bonds is 11. The van der Waals surface area contributed by atoms with Crippen LogP contribution in [-0.2, 0) is 31.7 Å². The number of hydrogen-bond donors (Lipinski definition) is 0. The summed E-state index contributed by atoms with van der Waals surface area (Å²) in [6, 6.07) is 0. The van der Waals surface area contributed by atoms with Crippen LogP contribution < -0.4 is 0 Å². The monoisotopic (exact) mass is 360 g/mol. The summed E-state index contributed by atoms with van der Waals surface area (Å²) in [6.07, 6.45) is 0. The molecule has 22 heavy (non-hydrogen) atoms. The largest absolute Gasteiger partial charge is 0.475 e. The maximum absolute atomic E-state index is 13.0. The molecule has 0 heterocycles. The summed E-state index contributed by atoms with van der Waals surface area (Å²) in [4.78, 5) is 0. The van der Waals surface area contributed by atoms with Gasteiger partial charge >= 0.3 is 15.4 Å². The molecule has 0 radical (unpaired) electrons. The summed E-state index contributed by atoms with van der Waals surface area (Å²) in [6.45, 7) is 12.8. The summed E-state index contributed by atoms with van der Waals surface area (Å²) in [7, 11) is -7.50. The van der Waals surface area contributed by atoms with Crippen LogP contribution in [-0.4, -0.2) is 32.3 Å². The lowest BCUT2D eigenvalue weighted by atomic mass is 9.98. The van der Waals surface area contributed by atoms with E-state index >= 15 is 0 Å². The molecule has 7 nitrogen and oxygen atoms in total. The van der Waals surface area contributed by atoms with Crippen LogP contribution in [0.5, 0.6) is 0 Å². The Morgan fingerprint density at radius 1 is 0.773 bits per heavy atom. The Balaban J connectivity index is 5.62. The first-order chi connectivity index (χ1) is 10.1. The van der Waals surface area contributed by atoms with E-state index in [1.807, 2.05) is 0 Å². The zero-order chi connectivity index (χ0) is 17.4. The maximum Gasteiger partial charge on any atom is 0.475 e. The van der Waals surface area contributed by atoms with Gasteiger partial charge in [-0.1, -0.05) is 20.8 Å². The van der Waals surface area contributed by atoms with Crippen molar-refractivity contribution < 1.29 is 31.7 Å². The standard InChI is InChI=1S/C13H30O7P2/c1-8-16-21(14,17-9-2)12(13(5,6)7)20-22(15,18-10-3)19-11-4/h12H,8-11H2,1-7H3. The molecule has 1 atom stereocenters. The molecular weight excluding hydrogens is 330 g/mol. The van der Waals surface area contributed by atoms with Crippen LogP contribution in [0.15, 0.2) is 0 Å². The van der Waals surface area contributed by atoms with Gasteiger partial charge in [-0.25, -0.2) is 4.57 Å². The molecular formula is C13H30O7P2. The van der Waals surface area contributed by atoms with E-state index in [1.165, 1.54) is 0 Å². The Morgan fingerprint density at radius 2 is 1.14 bits per heavy atom. The van der Waals surface area contributed by atoms with Crippen LogP contribution in [0.1, 0.15) is 48.5 Å². The summed E-state index contributed by atoms with van der Waals surface area (Å²) >= 11 is 0. The summed E-state index contributed by atoms with van der Waals surface area (Å²) in [5.41, 5.74) is -0.663. The highest BCUT2D eigenvalue weighted by Crippen LogP contribution is 2.65. The lowest BCUT2D eigenvalue weighted by Gasteiger charge is -2.36. The van der Waals surface area contributed by atoms with E-state index < -0.39 is 26.7 Å². The normalized spacial score (nSPS) is 15.0. The minimum Gasteiger partial charge on any atom is -0.307 e. The van der Waals surface area contributed by atoms with E-state index in [9.17, 15) is 9.13 Å². The Labute approximate surface area is 134 Å². The molecule has 0 N–H and O–H groups in total. The number of phosphoric acid groups is 1. The van der Waals surface area contributed by atoms with E-state index in [0.717, 1.165) is 0 Å². The molecule has 0 saturated carbocycles. The summed E-state index contributed by atoms with van der Waals surface area (Å²) in [5, 5.41) is 0. The molecule has 0 aromatic carbocycles. The molecule has 0 aliphatic carbocycles. The van der Waals surface area contributed by atoms with E-state index in [4.69, 9.17) is 22.6 Å². The number of hydrogen-bond acceptors (Lipinski definition) is 7. The zero-order valence-electron chi connectivity index (χ0n) is 14.7. The molecule has 0 aromatic rings. The molecule has 0 aliphatic heterocycles. The van der Waals surface area contributed by atoms with Crippen molar-refractivity contribution in [2.45, 2.75) is 54.3 Å². The van der Waals surface area contributed by atoms with Gasteiger partial charge < -0.3 is 9.05 Å². The first-order valence-corrected chi connectivity index (χ1v) is 10.6. The molecule has 0 saturated heterocycles. The van der Waals surface area contributed by atoms with Crippen molar-refractivity contribution in [3.63, 3.8) is 0 Å². The third-order valence-electron chi connectivity index (χ3n) is 2.45. The molecule has 0 aromatic heterocycles. The lowest BCUT2D eigenvalue weighted by molar-refractivity contribution is 0.0465. The van der Waals surface area contributed by atoms with Crippen LogP contribution >= 0.6 is 15.4 Å². The molecule has 0 spiro atoms. The fourth-order valence-electron chi connectivity index (χ4n) is 1.76. The first kappa shape index (κ1) is 22.3. The van der Waals surface area contributed by atoms with Crippen molar-refractivity contribution in [2.75, 3.05) is 26.4 Å². The quantitative estimate of drug-likeness (QED) is 0.489. The van der Waals surface area contributed by atoms with Crippen molar-refractivity contribution in [1.82, 2.24) is 0 Å². The van der Waals surface area contributed by atoms with Crippen LogP contribution in [0.2, 0.25) is 0 Å². The average Bonchev–Trinajstić information content (AvgIpc) is 2.36. The molecule has 0 aliphatic rings. The van der Waals surface area contributed by atoms with E-state index in [1.54, 1.807) is 48.5 Å². The van der Waals surface area contributed by atoms with Gasteiger partial charge in [-0.05, 0) is 27.7 Å². The van der Waals surface area contributed by atoms with Crippen LogP contribution in [0.4, 0.5) is 0 Å². The third-order valence-corrected chi connectivity index (χ3v) is 6.92. The first-order valence-electron chi connectivity index (χ1n) is 7.54. The Hall–Kier alpha value is 0.260. The van der Waals surface area contributed by atoms with Gasteiger partial charge in [0.25, 0.3) is 0 Å². The van der Waals surface area contributed by atoms with Crippen LogP contribution in [0.3, 0.4) is 0 Å². The van der Waals surface area contributed by atoms with E-state index in [-0.39, 0.29) is 26.4 Å². The predicted octanol–water partition coefficient (Wildman–Crippen LogP) is 4.82. The van der Waals surface area contributed by atoms with Gasteiger partial charge in [0.15, 0.2) is 5.85 Å². The SMILES string of the molecule is CCOP(=O)(OCC)OC(C(C)(C)C)P(=O)(OCC)OCC. The van der Waals surface area contributed by atoms with Crippen LogP contribution in [0, 0.1) is 5.41 Å². The minimum absolute atomic E-state index is 0.141. The molecule has 1 unspecified atom stereocenters. The highest BCUT2D eigenvalue weighted by Gasteiger charge is 2.49. The summed E-state index contributed by atoms with van der Waals surface area (Å²) < 4.78 is 52.1. The highest BCUT2D eigenvalue weighted by molar-refractivity contribution is 7.56. The second-order valence-corrected chi connectivity index (χ2v) is 9.17. The van der Waals surface area contributed by atoms with Gasteiger partial charge in [0.1, 0.15) is 0 Å². The second-order valence-electron chi connectivity index (χ2n) is 5.48. The van der Waals surface area contributed by atoms with Gasteiger partial charge in [-0.15, -0.1) is 0 Å². The highest BCUT2D eigenvalue weighted by atomic mass is 31.2. The van der Waals surface area contributed by atoms with Crippen molar-refractivity contribution in [3.05, 3.63) is 0 Å². The topological polar surface area (TPSA) is 80.3 Å². The third kappa shape index (κ3) is 6.79. The fraction of sp³-hybridized carbons (Fsp3) is 1.00. The van der Waals surface area contributed by atoms with Gasteiger partial charge in [0, 0.05) is 5.41 Å². The lowest BCUT2D eigenvalue weighted by Crippen LogP contribution is -2.31. The van der Waals surface area contributed by atoms with Crippen molar-refractivity contribution in [2.24, 2.45) is 5.41 Å². The molecule has 0 bridgehead atoms. The van der Waals surface area contributed by atoms with Crippen molar-refractivity contribution >= 4 is 15.4 Å². The smallest absolute Gasteiger partial charge is 0.307 e. The van der Waals surface area contributed by atoms with Gasteiger partial charge in [-0.3, -0.25) is 18.1 Å². The Bertz CT molecular complexity index is 386. The molecule has 134 valence electrons. The van der Waals surface area contributed by atoms with Crippen molar-refractivity contribution in [3.8, 4) is 0 Å². The molecule has 9 heteroatoms. The number of phosphoric ester groups is 1. The Morgan fingerprint density at radius 3 is 1.41 bits per heavy atom. The average molecular weight is 360 g/mol. The fourth-order valence-corrected chi connectivity index (χ4v) is 5.97. The zero-order valence-corrected chi connectivity index (χ0v) is 16.4. The van der Waals surface area contributed by atoms with E-state index in [2.05, 4.69) is 0 Å². The molecule has 0 amide bonds. The van der Waals surface area contributed by atoms with E-state index in [0.29, 0.717) is 0 Å². The van der Waals surface area contributed by atoms with Gasteiger partial charge in [0.2, 0.25) is 0 Å². The van der Waals surface area contributed by atoms with Gasteiger partial charge in [-0.2, -0.15) is 0 Å². The summed E-state index contributed by atoms with van der Waals surface area (Å²) in [5.74, 6) is -1.08.